The number of aliphatic hydroxyl groups is 1. The van der Waals surface area contributed by atoms with Gasteiger partial charge in [-0.2, -0.15) is 5.10 Å². The minimum Gasteiger partial charge on any atom is -0.396 e. The molecule has 4 rings (SSSR count). The molecule has 0 fully saturated rings. The number of rotatable bonds is 8. The van der Waals surface area contributed by atoms with Crippen molar-refractivity contribution in [1.29, 1.82) is 0 Å². The van der Waals surface area contributed by atoms with Crippen molar-refractivity contribution in [3.8, 4) is 11.4 Å². The molecule has 0 aliphatic carbocycles. The summed E-state index contributed by atoms with van der Waals surface area (Å²) in [6, 6.07) is 6.32. The van der Waals surface area contributed by atoms with Gasteiger partial charge in [0.05, 0.1) is 22.8 Å². The van der Waals surface area contributed by atoms with Gasteiger partial charge in [0, 0.05) is 12.8 Å². The number of nitrogens with zero attached hydrogens (tertiary/aromatic N) is 5. The van der Waals surface area contributed by atoms with Gasteiger partial charge in [0.2, 0.25) is 0 Å². The van der Waals surface area contributed by atoms with Gasteiger partial charge < -0.3 is 5.11 Å². The normalized spacial score (nSPS) is 11.8. The highest BCUT2D eigenvalue weighted by Crippen LogP contribution is 2.31. The third-order valence-electron chi connectivity index (χ3n) is 5.74. The number of unbranched alkanes of at least 4 members (excludes halogenated alkanes) is 2. The van der Waals surface area contributed by atoms with Gasteiger partial charge >= 0.3 is 0 Å². The number of hydrogen-bond acceptors (Lipinski definition) is 4. The first kappa shape index (κ1) is 20.5. The lowest BCUT2D eigenvalue weighted by Gasteiger charge is -2.09. The Morgan fingerprint density at radius 3 is 2.40 bits per heavy atom. The molecule has 0 saturated carbocycles. The Hall–Kier alpha value is -2.73. The largest absolute Gasteiger partial charge is 0.396 e. The molecule has 0 aliphatic heterocycles. The Kier molecular flexibility index (Phi) is 5.86. The van der Waals surface area contributed by atoms with Crippen LogP contribution in [0.25, 0.3) is 22.7 Å². The molecule has 0 saturated heterocycles. The van der Waals surface area contributed by atoms with E-state index in [2.05, 4.69) is 56.5 Å². The van der Waals surface area contributed by atoms with Crippen LogP contribution in [-0.2, 0) is 12.8 Å². The zero-order chi connectivity index (χ0) is 21.3. The summed E-state index contributed by atoms with van der Waals surface area (Å²) in [7, 11) is 0. The number of imidazole rings is 2. The van der Waals surface area contributed by atoms with E-state index in [1.54, 1.807) is 0 Å². The first-order valence-electron chi connectivity index (χ1n) is 11.0. The van der Waals surface area contributed by atoms with Crippen LogP contribution in [0, 0.1) is 20.8 Å². The number of aryl methyl sites for hydroxylation is 5. The predicted octanol–water partition coefficient (Wildman–Crippen LogP) is 4.63. The van der Waals surface area contributed by atoms with Crippen LogP contribution in [0.2, 0.25) is 0 Å². The molecule has 4 aromatic rings. The standard InChI is InChI=1S/C24H31N5O/c1-5-6-7-10-20-15-16(2)27-29-22(18(4)26-24(20)29)21-17(3)25-23-19(12-9-14-30)11-8-13-28(21)23/h8,11,13,15,30H,5-7,9-10,12,14H2,1-4H3. The van der Waals surface area contributed by atoms with E-state index in [4.69, 9.17) is 15.1 Å². The van der Waals surface area contributed by atoms with E-state index >= 15 is 0 Å². The van der Waals surface area contributed by atoms with E-state index in [-0.39, 0.29) is 6.61 Å². The maximum atomic E-state index is 9.25. The Morgan fingerprint density at radius 2 is 1.63 bits per heavy atom. The Bertz CT molecular complexity index is 1190. The molecule has 4 aromatic heterocycles. The maximum absolute atomic E-state index is 9.25. The lowest BCUT2D eigenvalue weighted by Crippen LogP contribution is -2.03. The molecular weight excluding hydrogens is 374 g/mol. The predicted molar refractivity (Wildman–Crippen MR) is 120 cm³/mol. The van der Waals surface area contributed by atoms with Crippen molar-refractivity contribution in [3.63, 3.8) is 0 Å². The second kappa shape index (κ2) is 8.56. The van der Waals surface area contributed by atoms with Crippen molar-refractivity contribution < 1.29 is 5.11 Å². The topological polar surface area (TPSA) is 67.7 Å². The molecule has 6 heteroatoms. The molecule has 0 unspecified atom stereocenters. The second-order valence-corrected chi connectivity index (χ2v) is 8.15. The van der Waals surface area contributed by atoms with Crippen LogP contribution in [0.3, 0.4) is 0 Å². The SMILES string of the molecule is CCCCCc1cc(C)nn2c(-c3c(C)nc4c(CCCO)cccn34)c(C)nc12. The van der Waals surface area contributed by atoms with Crippen molar-refractivity contribution in [2.45, 2.75) is 66.2 Å². The van der Waals surface area contributed by atoms with Crippen LogP contribution in [0.4, 0.5) is 0 Å². The molecule has 30 heavy (non-hydrogen) atoms. The fourth-order valence-electron chi connectivity index (χ4n) is 4.34. The Morgan fingerprint density at radius 1 is 0.900 bits per heavy atom. The average molecular weight is 406 g/mol. The van der Waals surface area contributed by atoms with Crippen molar-refractivity contribution in [2.24, 2.45) is 0 Å². The van der Waals surface area contributed by atoms with E-state index < -0.39 is 0 Å². The molecule has 1 N–H and O–H groups in total. The van der Waals surface area contributed by atoms with E-state index in [1.807, 2.05) is 4.52 Å². The molecule has 0 bridgehead atoms. The Balaban J connectivity index is 1.91. The first-order chi connectivity index (χ1) is 14.5. The highest BCUT2D eigenvalue weighted by atomic mass is 16.2. The summed E-state index contributed by atoms with van der Waals surface area (Å²) < 4.78 is 4.17. The third-order valence-corrected chi connectivity index (χ3v) is 5.74. The minimum atomic E-state index is 0.184. The Labute approximate surface area is 177 Å². The molecule has 0 radical (unpaired) electrons. The van der Waals surface area contributed by atoms with Gasteiger partial charge in [0.1, 0.15) is 11.3 Å². The highest BCUT2D eigenvalue weighted by Gasteiger charge is 2.22. The monoisotopic (exact) mass is 405 g/mol. The van der Waals surface area contributed by atoms with Crippen molar-refractivity contribution in [1.82, 2.24) is 24.0 Å². The lowest BCUT2D eigenvalue weighted by molar-refractivity contribution is 0.288. The number of fused-ring (bicyclic) bond motifs is 2. The van der Waals surface area contributed by atoms with Crippen LogP contribution >= 0.6 is 0 Å². The van der Waals surface area contributed by atoms with Crippen LogP contribution in [-0.4, -0.2) is 35.7 Å². The second-order valence-electron chi connectivity index (χ2n) is 8.15. The van der Waals surface area contributed by atoms with Crippen molar-refractivity contribution in [2.75, 3.05) is 6.61 Å². The fourth-order valence-corrected chi connectivity index (χ4v) is 4.34. The molecule has 0 atom stereocenters. The van der Waals surface area contributed by atoms with Crippen LogP contribution in [0.15, 0.2) is 24.4 Å². The van der Waals surface area contributed by atoms with E-state index in [0.29, 0.717) is 0 Å². The summed E-state index contributed by atoms with van der Waals surface area (Å²) in [5.74, 6) is 0. The number of aliphatic hydroxyl groups excluding tert-OH is 1. The molecule has 0 aromatic carbocycles. The molecule has 6 nitrogen and oxygen atoms in total. The van der Waals surface area contributed by atoms with E-state index in [1.165, 1.54) is 24.8 Å². The quantitative estimate of drug-likeness (QED) is 0.434. The van der Waals surface area contributed by atoms with Gasteiger partial charge in [-0.15, -0.1) is 0 Å². The number of hydrogen-bond donors (Lipinski definition) is 1. The number of aromatic nitrogens is 5. The summed E-state index contributed by atoms with van der Waals surface area (Å²) in [5, 5.41) is 14.1. The van der Waals surface area contributed by atoms with E-state index in [9.17, 15) is 5.11 Å². The van der Waals surface area contributed by atoms with Gasteiger partial charge in [0.15, 0.2) is 5.65 Å². The minimum absolute atomic E-state index is 0.184. The van der Waals surface area contributed by atoms with Gasteiger partial charge in [-0.1, -0.05) is 25.8 Å². The zero-order valence-electron chi connectivity index (χ0n) is 18.4. The maximum Gasteiger partial charge on any atom is 0.157 e. The highest BCUT2D eigenvalue weighted by molar-refractivity contribution is 5.71. The van der Waals surface area contributed by atoms with Crippen molar-refractivity contribution in [3.05, 3.63) is 52.6 Å². The molecule has 4 heterocycles. The average Bonchev–Trinajstić information content (AvgIpc) is 3.22. The molecule has 0 spiro atoms. The summed E-state index contributed by atoms with van der Waals surface area (Å²) in [5.41, 5.74) is 9.30. The molecule has 0 aliphatic rings. The molecule has 158 valence electrons. The van der Waals surface area contributed by atoms with Crippen LogP contribution in [0.1, 0.15) is 60.8 Å². The van der Waals surface area contributed by atoms with Gasteiger partial charge in [0.25, 0.3) is 0 Å². The third kappa shape index (κ3) is 3.60. The summed E-state index contributed by atoms with van der Waals surface area (Å²) in [6.07, 6.45) is 8.22. The van der Waals surface area contributed by atoms with Gasteiger partial charge in [-0.05, 0) is 69.7 Å². The van der Waals surface area contributed by atoms with Crippen molar-refractivity contribution >= 4 is 11.3 Å². The fraction of sp³-hybridized carbons (Fsp3) is 0.458. The smallest absolute Gasteiger partial charge is 0.157 e. The van der Waals surface area contributed by atoms with Crippen LogP contribution in [0.5, 0.6) is 0 Å². The summed E-state index contributed by atoms with van der Waals surface area (Å²) in [6.45, 7) is 8.58. The summed E-state index contributed by atoms with van der Waals surface area (Å²) >= 11 is 0. The molecule has 0 amide bonds. The molecular formula is C24H31N5O. The van der Waals surface area contributed by atoms with Gasteiger partial charge in [-0.25, -0.2) is 14.5 Å². The van der Waals surface area contributed by atoms with Crippen LogP contribution < -0.4 is 0 Å². The zero-order valence-corrected chi connectivity index (χ0v) is 18.4. The van der Waals surface area contributed by atoms with Gasteiger partial charge in [-0.3, -0.25) is 4.40 Å². The first-order valence-corrected chi connectivity index (χ1v) is 11.0. The lowest BCUT2D eigenvalue weighted by atomic mass is 10.1. The van der Waals surface area contributed by atoms with E-state index in [0.717, 1.165) is 64.6 Å². The summed E-state index contributed by atoms with van der Waals surface area (Å²) in [4.78, 5) is 9.82. The number of pyridine rings is 1.